The van der Waals surface area contributed by atoms with E-state index in [1.165, 1.54) is 96.4 Å². The molecule has 0 saturated carbocycles. The predicted octanol–water partition coefficient (Wildman–Crippen LogP) is 16.8. The lowest BCUT2D eigenvalue weighted by Crippen LogP contribution is -2.31. The van der Waals surface area contributed by atoms with Crippen molar-refractivity contribution in [2.45, 2.75) is 15.2 Å². The Hall–Kier alpha value is -7.17. The van der Waals surface area contributed by atoms with Crippen LogP contribution in [0.25, 0.3) is 64.3 Å². The van der Waals surface area contributed by atoms with Gasteiger partial charge in [0.1, 0.15) is 0 Å². The summed E-state index contributed by atoms with van der Waals surface area (Å²) in [4.78, 5) is 5.04. The monoisotopic (exact) mass is 823 g/mol. The summed E-state index contributed by atoms with van der Waals surface area (Å²) in [5.41, 5.74) is 15.9. The molecule has 0 fully saturated rings. The lowest BCUT2D eigenvalue weighted by Gasteiger charge is -2.39. The highest BCUT2D eigenvalue weighted by atomic mass is 32.2. The minimum atomic E-state index is -0.448. The van der Waals surface area contributed by atoms with Crippen molar-refractivity contribution >= 4 is 71.1 Å². The molecule has 0 N–H and O–H groups in total. The molecule has 2 heterocycles. The quantitative estimate of drug-likeness (QED) is 0.170. The summed E-state index contributed by atoms with van der Waals surface area (Å²) in [6, 6.07) is 83.5. The molecule has 11 aromatic rings. The Bertz CT molecular complexity index is 3500. The van der Waals surface area contributed by atoms with Crippen LogP contribution in [0.2, 0.25) is 0 Å². The lowest BCUT2D eigenvalue weighted by atomic mass is 9.67. The number of benzene rings is 10. The van der Waals surface area contributed by atoms with Crippen LogP contribution in [0.5, 0.6) is 0 Å². The molecule has 0 unspecified atom stereocenters. The Morgan fingerprint density at radius 2 is 0.903 bits per heavy atom. The summed E-state index contributed by atoms with van der Waals surface area (Å²) in [6.07, 6.45) is 0. The first-order valence-corrected chi connectivity index (χ1v) is 22.9. The summed E-state index contributed by atoms with van der Waals surface area (Å²) in [5, 5.41) is 5.14. The minimum Gasteiger partial charge on any atom is -0.310 e. The van der Waals surface area contributed by atoms with Crippen LogP contribution in [0.4, 0.5) is 17.1 Å². The van der Waals surface area contributed by atoms with Gasteiger partial charge in [-0.2, -0.15) is 0 Å². The topological polar surface area (TPSA) is 3.24 Å². The van der Waals surface area contributed by atoms with Crippen LogP contribution in [0.3, 0.4) is 0 Å². The second-order valence-electron chi connectivity index (χ2n) is 16.4. The zero-order valence-electron chi connectivity index (χ0n) is 33.6. The van der Waals surface area contributed by atoms with Crippen LogP contribution in [-0.4, -0.2) is 0 Å². The smallest absolute Gasteiger partial charge is 0.0735 e. The van der Waals surface area contributed by atoms with Crippen molar-refractivity contribution in [1.82, 2.24) is 0 Å². The van der Waals surface area contributed by atoms with E-state index >= 15 is 0 Å². The zero-order valence-corrected chi connectivity index (χ0v) is 35.3. The highest BCUT2D eigenvalue weighted by molar-refractivity contribution is 7.99. The van der Waals surface area contributed by atoms with Crippen LogP contribution >= 0.6 is 23.1 Å². The van der Waals surface area contributed by atoms with Crippen LogP contribution in [0, 0.1) is 0 Å². The molecule has 0 bridgehead atoms. The first kappa shape index (κ1) is 35.6. The Balaban J connectivity index is 1.00. The molecule has 290 valence electrons. The van der Waals surface area contributed by atoms with Gasteiger partial charge in [0.25, 0.3) is 0 Å². The second kappa shape index (κ2) is 13.9. The molecule has 1 aliphatic heterocycles. The molecule has 0 amide bonds. The average Bonchev–Trinajstić information content (AvgIpc) is 3.86. The van der Waals surface area contributed by atoms with Gasteiger partial charge in [-0.1, -0.05) is 176 Å². The van der Waals surface area contributed by atoms with Gasteiger partial charge in [0, 0.05) is 47.0 Å². The summed E-state index contributed by atoms with van der Waals surface area (Å²) < 4.78 is 2.61. The van der Waals surface area contributed by atoms with Crippen LogP contribution < -0.4 is 4.90 Å². The number of fused-ring (bicyclic) bond motifs is 14. The molecule has 0 atom stereocenters. The molecule has 0 saturated heterocycles. The van der Waals surface area contributed by atoms with Gasteiger partial charge in [-0.25, -0.2) is 0 Å². The van der Waals surface area contributed by atoms with E-state index < -0.39 is 5.41 Å². The van der Waals surface area contributed by atoms with Gasteiger partial charge in [0.05, 0.1) is 5.41 Å². The summed E-state index contributed by atoms with van der Waals surface area (Å²) >= 11 is 3.75. The van der Waals surface area contributed by atoms with Gasteiger partial charge in [0.15, 0.2) is 0 Å². The van der Waals surface area contributed by atoms with E-state index in [1.54, 1.807) is 0 Å². The van der Waals surface area contributed by atoms with E-state index in [9.17, 15) is 0 Å². The number of hydrogen-bond donors (Lipinski definition) is 0. The third kappa shape index (κ3) is 5.22. The van der Waals surface area contributed by atoms with Crippen LogP contribution in [0.1, 0.15) is 22.3 Å². The second-order valence-corrected chi connectivity index (χ2v) is 18.5. The van der Waals surface area contributed by atoms with Crippen molar-refractivity contribution in [3.8, 4) is 33.4 Å². The molecule has 1 aliphatic carbocycles. The Kier molecular flexibility index (Phi) is 8.00. The molecular formula is C59H37NS2. The molecule has 1 spiro atoms. The highest BCUT2D eigenvalue weighted by Crippen LogP contribution is 2.64. The number of thiophene rings is 1. The van der Waals surface area contributed by atoms with E-state index in [0.29, 0.717) is 0 Å². The zero-order chi connectivity index (χ0) is 40.8. The van der Waals surface area contributed by atoms with Gasteiger partial charge in [-0.15, -0.1) is 11.3 Å². The predicted molar refractivity (Wildman–Crippen MR) is 264 cm³/mol. The number of hydrogen-bond acceptors (Lipinski definition) is 3. The summed E-state index contributed by atoms with van der Waals surface area (Å²) in [5.74, 6) is 0. The van der Waals surface area contributed by atoms with Gasteiger partial charge in [-0.3, -0.25) is 0 Å². The van der Waals surface area contributed by atoms with Crippen LogP contribution in [0.15, 0.2) is 234 Å². The van der Waals surface area contributed by atoms with Gasteiger partial charge >= 0.3 is 0 Å². The van der Waals surface area contributed by atoms with Crippen molar-refractivity contribution in [3.05, 3.63) is 247 Å². The molecule has 0 radical (unpaired) electrons. The normalized spacial score (nSPS) is 13.2. The fraction of sp³-hybridized carbons (Fsp3) is 0.0169. The Morgan fingerprint density at radius 1 is 0.339 bits per heavy atom. The van der Waals surface area contributed by atoms with E-state index in [1.807, 2.05) is 23.1 Å². The maximum Gasteiger partial charge on any atom is 0.0735 e. The summed E-state index contributed by atoms with van der Waals surface area (Å²) in [7, 11) is 0. The third-order valence-corrected chi connectivity index (χ3v) is 15.4. The maximum absolute atomic E-state index is 2.42. The SMILES string of the molecule is c1ccc(-c2ccc(N(c3ccc(-c4cccc5c4-c4c(ccc6ccccc46)C54c5ccccc5Sc5ccccc54)cc3)c3ccc4sc5ccccc5c4c3)cc2)cc1. The van der Waals surface area contributed by atoms with E-state index in [2.05, 4.69) is 229 Å². The van der Waals surface area contributed by atoms with Crippen molar-refractivity contribution in [3.63, 3.8) is 0 Å². The largest absolute Gasteiger partial charge is 0.310 e. The highest BCUT2D eigenvalue weighted by Gasteiger charge is 2.51. The Labute approximate surface area is 369 Å². The molecule has 1 nitrogen and oxygen atoms in total. The third-order valence-electron chi connectivity index (χ3n) is 13.1. The van der Waals surface area contributed by atoms with E-state index in [0.717, 1.165) is 17.1 Å². The molecule has 3 heteroatoms. The first-order chi connectivity index (χ1) is 30.7. The van der Waals surface area contributed by atoms with E-state index in [-0.39, 0.29) is 0 Å². The maximum atomic E-state index is 2.42. The number of anilines is 3. The standard InChI is InChI=1S/C59H37NS2/c1-2-13-38(14-3-1)39-25-30-42(31-26-39)60(44-34-36-54-48(37-44)47-17-6-9-22-53(47)61-54)43-32-27-41(28-33-43)46-18-12-21-51-57(46)58-45-16-5-4-15-40(45)29-35-52(58)59(51)49-19-7-10-23-55(49)62-56-24-11-8-20-50(56)59/h1-37H. The first-order valence-electron chi connectivity index (χ1n) is 21.2. The molecule has 62 heavy (non-hydrogen) atoms. The van der Waals surface area contributed by atoms with Gasteiger partial charge in [-0.05, 0) is 127 Å². The van der Waals surface area contributed by atoms with Crippen LogP contribution in [-0.2, 0) is 5.41 Å². The number of rotatable bonds is 5. The van der Waals surface area contributed by atoms with Crippen molar-refractivity contribution in [2.75, 3.05) is 4.90 Å². The minimum absolute atomic E-state index is 0.448. The van der Waals surface area contributed by atoms with Crippen molar-refractivity contribution < 1.29 is 0 Å². The lowest BCUT2D eigenvalue weighted by molar-refractivity contribution is 0.723. The molecular weight excluding hydrogens is 787 g/mol. The Morgan fingerprint density at radius 3 is 1.66 bits per heavy atom. The fourth-order valence-electron chi connectivity index (χ4n) is 10.5. The van der Waals surface area contributed by atoms with Crippen molar-refractivity contribution in [1.29, 1.82) is 0 Å². The van der Waals surface area contributed by atoms with Gasteiger partial charge in [0.2, 0.25) is 0 Å². The molecule has 10 aromatic carbocycles. The average molecular weight is 824 g/mol. The van der Waals surface area contributed by atoms with Gasteiger partial charge < -0.3 is 4.90 Å². The van der Waals surface area contributed by atoms with Crippen molar-refractivity contribution in [2.24, 2.45) is 0 Å². The summed E-state index contributed by atoms with van der Waals surface area (Å²) in [6.45, 7) is 0. The molecule has 2 aliphatic rings. The molecule has 13 rings (SSSR count). The molecule has 1 aromatic heterocycles. The number of nitrogens with zero attached hydrogens (tertiary/aromatic N) is 1. The van der Waals surface area contributed by atoms with E-state index in [4.69, 9.17) is 0 Å². The fourth-order valence-corrected chi connectivity index (χ4v) is 12.8.